The second kappa shape index (κ2) is 9.61. The zero-order valence-electron chi connectivity index (χ0n) is 18.5. The van der Waals surface area contributed by atoms with Gasteiger partial charge in [-0.25, -0.2) is 0 Å². The molecule has 6 heteroatoms. The number of esters is 1. The molecule has 1 aromatic heterocycles. The highest BCUT2D eigenvalue weighted by atomic mass is 35.5. The molecule has 1 fully saturated rings. The van der Waals surface area contributed by atoms with E-state index >= 15 is 0 Å². The molecule has 166 valence electrons. The van der Waals surface area contributed by atoms with Crippen LogP contribution in [-0.2, 0) is 9.53 Å². The number of hydrogen-bond donors (Lipinski definition) is 1. The normalized spacial score (nSPS) is 15.4. The minimum absolute atomic E-state index is 0.0170. The van der Waals surface area contributed by atoms with Gasteiger partial charge in [0.05, 0.1) is 35.0 Å². The number of carbonyl (C=O) groups excluding carboxylic acids is 1. The van der Waals surface area contributed by atoms with Crippen LogP contribution in [0.4, 0.5) is 0 Å². The second-order valence-electron chi connectivity index (χ2n) is 8.26. The summed E-state index contributed by atoms with van der Waals surface area (Å²) < 4.78 is 10.8. The lowest BCUT2D eigenvalue weighted by atomic mass is 9.79. The van der Waals surface area contributed by atoms with Crippen molar-refractivity contribution in [2.45, 2.75) is 39.7 Å². The fourth-order valence-electron chi connectivity index (χ4n) is 3.74. The van der Waals surface area contributed by atoms with Gasteiger partial charge in [-0.15, -0.1) is 0 Å². The third kappa shape index (κ3) is 5.05. The molecule has 32 heavy (non-hydrogen) atoms. The van der Waals surface area contributed by atoms with Crippen LogP contribution in [0.25, 0.3) is 28.6 Å². The van der Waals surface area contributed by atoms with Crippen molar-refractivity contribution in [3.8, 4) is 28.3 Å². The van der Waals surface area contributed by atoms with Gasteiger partial charge in [0.15, 0.2) is 0 Å². The topological polar surface area (TPSA) is 64.2 Å². The van der Waals surface area contributed by atoms with Crippen LogP contribution in [0.1, 0.15) is 39.2 Å². The average Bonchev–Trinajstić information content (AvgIpc) is 3.22. The summed E-state index contributed by atoms with van der Waals surface area (Å²) in [5.41, 5.74) is 6.14. The third-order valence-corrected chi connectivity index (χ3v) is 5.69. The van der Waals surface area contributed by atoms with Gasteiger partial charge >= 0.3 is 5.97 Å². The highest BCUT2D eigenvalue weighted by Crippen LogP contribution is 2.36. The lowest BCUT2D eigenvalue weighted by molar-refractivity contribution is -0.149. The molecule has 4 rings (SSSR count). The van der Waals surface area contributed by atoms with Crippen LogP contribution < -0.4 is 4.74 Å². The van der Waals surface area contributed by atoms with Crippen molar-refractivity contribution in [1.82, 2.24) is 10.2 Å². The standard InChI is InChI=1S/C26H27ClN2O3/c1-4-31-26(30)21-12-18(13-21)11-17-5-7-19(8-6-17)23-15-24(29-28-23)20-9-10-25(22(27)14-20)32-16(2)3/h5-11,14-16,21H,4,12-13H2,1-3H3,(H,28,29). The summed E-state index contributed by atoms with van der Waals surface area (Å²) in [4.78, 5) is 11.7. The molecule has 0 amide bonds. The molecule has 0 spiro atoms. The summed E-state index contributed by atoms with van der Waals surface area (Å²) in [6.07, 6.45) is 3.79. The molecule has 1 heterocycles. The van der Waals surface area contributed by atoms with E-state index in [1.807, 2.05) is 45.0 Å². The van der Waals surface area contributed by atoms with Gasteiger partial charge in [-0.3, -0.25) is 9.89 Å². The summed E-state index contributed by atoms with van der Waals surface area (Å²) in [6, 6.07) is 16.0. The monoisotopic (exact) mass is 450 g/mol. The first-order valence-corrected chi connectivity index (χ1v) is 11.3. The summed E-state index contributed by atoms with van der Waals surface area (Å²) in [5, 5.41) is 8.12. The third-order valence-electron chi connectivity index (χ3n) is 5.40. The van der Waals surface area contributed by atoms with Crippen LogP contribution in [0.2, 0.25) is 5.02 Å². The highest BCUT2D eigenvalue weighted by molar-refractivity contribution is 6.32. The number of halogens is 1. The van der Waals surface area contributed by atoms with Crippen LogP contribution in [0.5, 0.6) is 5.75 Å². The van der Waals surface area contributed by atoms with Crippen molar-refractivity contribution in [3.63, 3.8) is 0 Å². The van der Waals surface area contributed by atoms with E-state index in [1.165, 1.54) is 5.57 Å². The molecule has 3 aromatic rings. The Bertz CT molecular complexity index is 1120. The number of carbonyl (C=O) groups is 1. The molecule has 2 aromatic carbocycles. The Morgan fingerprint density at radius 1 is 1.16 bits per heavy atom. The van der Waals surface area contributed by atoms with Gasteiger partial charge in [-0.1, -0.05) is 47.5 Å². The van der Waals surface area contributed by atoms with Crippen LogP contribution in [-0.4, -0.2) is 28.9 Å². The van der Waals surface area contributed by atoms with Crippen molar-refractivity contribution < 1.29 is 14.3 Å². The highest BCUT2D eigenvalue weighted by Gasteiger charge is 2.30. The summed E-state index contributed by atoms with van der Waals surface area (Å²) >= 11 is 6.37. The lowest BCUT2D eigenvalue weighted by Gasteiger charge is -2.27. The van der Waals surface area contributed by atoms with E-state index < -0.39 is 0 Å². The van der Waals surface area contributed by atoms with E-state index in [0.717, 1.165) is 40.9 Å². The van der Waals surface area contributed by atoms with E-state index in [-0.39, 0.29) is 18.0 Å². The molecular weight excluding hydrogens is 424 g/mol. The van der Waals surface area contributed by atoms with Gasteiger partial charge in [-0.2, -0.15) is 5.10 Å². The number of ether oxygens (including phenoxy) is 2. The zero-order chi connectivity index (χ0) is 22.7. The Hall–Kier alpha value is -3.05. The number of nitrogens with one attached hydrogen (secondary N) is 1. The first kappa shape index (κ1) is 22.2. The maximum absolute atomic E-state index is 11.7. The van der Waals surface area contributed by atoms with Crippen molar-refractivity contribution in [2.24, 2.45) is 5.92 Å². The van der Waals surface area contributed by atoms with Crippen molar-refractivity contribution in [3.05, 3.63) is 64.7 Å². The number of benzene rings is 2. The molecule has 1 saturated carbocycles. The molecule has 0 unspecified atom stereocenters. The lowest BCUT2D eigenvalue weighted by Crippen LogP contribution is -2.26. The van der Waals surface area contributed by atoms with Gasteiger partial charge in [0.25, 0.3) is 0 Å². The number of H-pyrrole nitrogens is 1. The SMILES string of the molecule is CCOC(=O)C1CC(=Cc2ccc(-c3cc(-c4ccc(OC(C)C)c(Cl)c4)n[nH]3)cc2)C1. The zero-order valence-corrected chi connectivity index (χ0v) is 19.3. The van der Waals surface area contributed by atoms with E-state index in [9.17, 15) is 4.79 Å². The molecular formula is C26H27ClN2O3. The fraction of sp³-hybridized carbons (Fsp3) is 0.308. The maximum atomic E-state index is 11.7. The second-order valence-corrected chi connectivity index (χ2v) is 8.67. The minimum atomic E-state index is -0.0848. The molecule has 0 atom stereocenters. The largest absolute Gasteiger partial charge is 0.489 e. The predicted octanol–water partition coefficient (Wildman–Crippen LogP) is 6.54. The predicted molar refractivity (Wildman–Crippen MR) is 128 cm³/mol. The molecule has 0 aliphatic heterocycles. The van der Waals surface area contributed by atoms with Gasteiger partial charge in [-0.05, 0) is 69.0 Å². The smallest absolute Gasteiger partial charge is 0.309 e. The van der Waals surface area contributed by atoms with E-state index in [2.05, 4.69) is 40.5 Å². The van der Waals surface area contributed by atoms with Crippen molar-refractivity contribution >= 4 is 23.6 Å². The molecule has 5 nitrogen and oxygen atoms in total. The number of rotatable bonds is 7. The molecule has 0 radical (unpaired) electrons. The van der Waals surface area contributed by atoms with Crippen LogP contribution in [0, 0.1) is 5.92 Å². The Morgan fingerprint density at radius 2 is 1.88 bits per heavy atom. The number of allylic oxidation sites excluding steroid dienone is 1. The molecule has 0 bridgehead atoms. The van der Waals surface area contributed by atoms with E-state index in [0.29, 0.717) is 17.4 Å². The van der Waals surface area contributed by atoms with Gasteiger partial charge in [0.2, 0.25) is 0 Å². The number of aromatic amines is 1. The minimum Gasteiger partial charge on any atom is -0.489 e. The van der Waals surface area contributed by atoms with E-state index in [4.69, 9.17) is 21.1 Å². The number of hydrogen-bond acceptors (Lipinski definition) is 4. The van der Waals surface area contributed by atoms with Crippen LogP contribution >= 0.6 is 11.6 Å². The Kier molecular flexibility index (Phi) is 6.66. The first-order chi connectivity index (χ1) is 15.4. The molecule has 0 saturated heterocycles. The molecule has 1 aliphatic rings. The summed E-state index contributed by atoms with van der Waals surface area (Å²) in [6.45, 7) is 6.22. The average molecular weight is 451 g/mol. The molecule has 1 aliphatic carbocycles. The Morgan fingerprint density at radius 3 is 2.53 bits per heavy atom. The maximum Gasteiger partial charge on any atom is 0.309 e. The fourth-order valence-corrected chi connectivity index (χ4v) is 3.96. The summed E-state index contributed by atoms with van der Waals surface area (Å²) in [7, 11) is 0. The molecule has 1 N–H and O–H groups in total. The van der Waals surface area contributed by atoms with Crippen LogP contribution in [0.15, 0.2) is 54.1 Å². The van der Waals surface area contributed by atoms with Gasteiger partial charge < -0.3 is 9.47 Å². The van der Waals surface area contributed by atoms with E-state index in [1.54, 1.807) is 0 Å². The summed E-state index contributed by atoms with van der Waals surface area (Å²) in [5.74, 6) is 0.604. The number of aromatic nitrogens is 2. The first-order valence-electron chi connectivity index (χ1n) is 10.9. The van der Waals surface area contributed by atoms with Gasteiger partial charge in [0.1, 0.15) is 5.75 Å². The Balaban J connectivity index is 1.42. The Labute approximate surface area is 193 Å². The quantitative estimate of drug-likeness (QED) is 0.415. The van der Waals surface area contributed by atoms with Crippen molar-refractivity contribution in [1.29, 1.82) is 0 Å². The van der Waals surface area contributed by atoms with Gasteiger partial charge in [0, 0.05) is 5.56 Å². The van der Waals surface area contributed by atoms with Crippen LogP contribution in [0.3, 0.4) is 0 Å². The van der Waals surface area contributed by atoms with Crippen molar-refractivity contribution in [2.75, 3.05) is 6.61 Å². The number of nitrogens with zero attached hydrogens (tertiary/aromatic N) is 1.